The first-order chi connectivity index (χ1) is 12.4. The molecule has 146 valence electrons. The molecule has 1 aliphatic heterocycles. The van der Waals surface area contributed by atoms with E-state index in [0.29, 0.717) is 12.6 Å². The van der Waals surface area contributed by atoms with Crippen LogP contribution in [0.25, 0.3) is 0 Å². The summed E-state index contributed by atoms with van der Waals surface area (Å²) < 4.78 is 22.9. The molecular weight excluding hydrogens is 350 g/mol. The van der Waals surface area contributed by atoms with E-state index in [9.17, 15) is 8.42 Å². The van der Waals surface area contributed by atoms with Crippen LogP contribution in [0.15, 0.2) is 34.2 Å². The molecule has 1 aliphatic rings. The van der Waals surface area contributed by atoms with Gasteiger partial charge in [0.15, 0.2) is 5.96 Å². The number of rotatable bonds is 7. The Hall–Kier alpha value is -1.64. The summed E-state index contributed by atoms with van der Waals surface area (Å²) in [7, 11) is -3.69. The molecule has 1 fully saturated rings. The molecule has 0 unspecified atom stereocenters. The van der Waals surface area contributed by atoms with Gasteiger partial charge in [0.1, 0.15) is 0 Å². The van der Waals surface area contributed by atoms with Gasteiger partial charge in [0, 0.05) is 25.7 Å². The number of nitrogens with two attached hydrogens (primary N) is 1. The SMILES string of the molecule is CCCN1CCC(NC(=NCc2cccc(S(N)(=O)=O)c2)NCC)CC1. The molecule has 0 saturated carbocycles. The maximum absolute atomic E-state index is 11.5. The molecule has 1 saturated heterocycles. The van der Waals surface area contributed by atoms with Crippen molar-refractivity contribution in [3.63, 3.8) is 0 Å². The molecule has 0 aliphatic carbocycles. The fourth-order valence-corrected chi connectivity index (χ4v) is 3.71. The molecule has 0 bridgehead atoms. The highest BCUT2D eigenvalue weighted by atomic mass is 32.2. The fourth-order valence-electron chi connectivity index (χ4n) is 3.12. The third-order valence-corrected chi connectivity index (χ3v) is 5.37. The quantitative estimate of drug-likeness (QED) is 0.488. The molecule has 0 aromatic heterocycles. The van der Waals surface area contributed by atoms with Gasteiger partial charge in [-0.15, -0.1) is 0 Å². The van der Waals surface area contributed by atoms with Crippen molar-refractivity contribution in [2.24, 2.45) is 10.1 Å². The van der Waals surface area contributed by atoms with Gasteiger partial charge in [0.05, 0.1) is 11.4 Å². The minimum atomic E-state index is -3.69. The maximum atomic E-state index is 11.5. The summed E-state index contributed by atoms with van der Waals surface area (Å²) >= 11 is 0. The highest BCUT2D eigenvalue weighted by molar-refractivity contribution is 7.89. The first kappa shape index (κ1) is 20.7. The predicted octanol–water partition coefficient (Wildman–Crippen LogP) is 1.26. The molecule has 26 heavy (non-hydrogen) atoms. The van der Waals surface area contributed by atoms with Crippen LogP contribution >= 0.6 is 0 Å². The topological polar surface area (TPSA) is 99.8 Å². The third kappa shape index (κ3) is 6.59. The zero-order valence-electron chi connectivity index (χ0n) is 15.7. The molecule has 0 amide bonds. The van der Waals surface area contributed by atoms with Crippen LogP contribution in [0.1, 0.15) is 38.7 Å². The number of benzene rings is 1. The fraction of sp³-hybridized carbons (Fsp3) is 0.611. The Labute approximate surface area is 157 Å². The summed E-state index contributed by atoms with van der Waals surface area (Å²) in [4.78, 5) is 7.22. The second kappa shape index (κ2) is 9.89. The van der Waals surface area contributed by atoms with E-state index in [2.05, 4.69) is 27.4 Å². The number of likely N-dealkylation sites (tertiary alicyclic amines) is 1. The second-order valence-electron chi connectivity index (χ2n) is 6.65. The van der Waals surface area contributed by atoms with E-state index in [4.69, 9.17) is 5.14 Å². The summed E-state index contributed by atoms with van der Waals surface area (Å²) in [5.74, 6) is 0.766. The first-order valence-corrected chi connectivity index (χ1v) is 10.9. The van der Waals surface area contributed by atoms with Crippen LogP contribution in [-0.4, -0.2) is 51.5 Å². The Balaban J connectivity index is 1.97. The van der Waals surface area contributed by atoms with E-state index >= 15 is 0 Å². The lowest BCUT2D eigenvalue weighted by molar-refractivity contribution is 0.206. The van der Waals surface area contributed by atoms with Crippen LogP contribution in [0.3, 0.4) is 0 Å². The second-order valence-corrected chi connectivity index (χ2v) is 8.21. The van der Waals surface area contributed by atoms with E-state index in [0.717, 1.165) is 44.0 Å². The van der Waals surface area contributed by atoms with E-state index in [1.165, 1.54) is 19.0 Å². The number of aliphatic imine (C=N–C) groups is 1. The highest BCUT2D eigenvalue weighted by Gasteiger charge is 2.19. The molecule has 1 heterocycles. The monoisotopic (exact) mass is 381 g/mol. The highest BCUT2D eigenvalue weighted by Crippen LogP contribution is 2.12. The normalized spacial score (nSPS) is 17.3. The van der Waals surface area contributed by atoms with Crippen LogP contribution in [0, 0.1) is 0 Å². The van der Waals surface area contributed by atoms with Crippen molar-refractivity contribution in [1.29, 1.82) is 0 Å². The number of guanidine groups is 1. The summed E-state index contributed by atoms with van der Waals surface area (Å²) in [6.45, 7) is 8.81. The summed E-state index contributed by atoms with van der Waals surface area (Å²) in [5.41, 5.74) is 0.812. The Morgan fingerprint density at radius 1 is 1.31 bits per heavy atom. The number of nitrogens with one attached hydrogen (secondary N) is 2. The van der Waals surface area contributed by atoms with Gasteiger partial charge in [0.2, 0.25) is 10.0 Å². The zero-order chi connectivity index (χ0) is 19.0. The lowest BCUT2D eigenvalue weighted by Crippen LogP contribution is -2.48. The van der Waals surface area contributed by atoms with Crippen molar-refractivity contribution in [1.82, 2.24) is 15.5 Å². The van der Waals surface area contributed by atoms with Crippen LogP contribution in [0.4, 0.5) is 0 Å². The van der Waals surface area contributed by atoms with Gasteiger partial charge in [0.25, 0.3) is 0 Å². The number of hydrogen-bond acceptors (Lipinski definition) is 4. The molecule has 2 rings (SSSR count). The summed E-state index contributed by atoms with van der Waals surface area (Å²) in [6, 6.07) is 7.03. The van der Waals surface area contributed by atoms with E-state index < -0.39 is 10.0 Å². The lowest BCUT2D eigenvalue weighted by atomic mass is 10.1. The van der Waals surface area contributed by atoms with Crippen molar-refractivity contribution in [3.05, 3.63) is 29.8 Å². The lowest BCUT2D eigenvalue weighted by Gasteiger charge is -2.32. The Morgan fingerprint density at radius 3 is 2.65 bits per heavy atom. The number of nitrogens with zero attached hydrogens (tertiary/aromatic N) is 2. The zero-order valence-corrected chi connectivity index (χ0v) is 16.6. The van der Waals surface area contributed by atoms with Gasteiger partial charge in [-0.2, -0.15) is 0 Å². The van der Waals surface area contributed by atoms with Crippen LogP contribution in [-0.2, 0) is 16.6 Å². The van der Waals surface area contributed by atoms with Gasteiger partial charge >= 0.3 is 0 Å². The average Bonchev–Trinajstić information content (AvgIpc) is 2.61. The molecule has 0 atom stereocenters. The van der Waals surface area contributed by atoms with Gasteiger partial charge in [-0.05, 0) is 50.4 Å². The van der Waals surface area contributed by atoms with Gasteiger partial charge in [-0.3, -0.25) is 0 Å². The molecule has 1 aromatic carbocycles. The van der Waals surface area contributed by atoms with Crippen molar-refractivity contribution in [3.8, 4) is 0 Å². The van der Waals surface area contributed by atoms with E-state index in [1.807, 2.05) is 13.0 Å². The van der Waals surface area contributed by atoms with Crippen molar-refractivity contribution in [2.75, 3.05) is 26.2 Å². The van der Waals surface area contributed by atoms with Crippen molar-refractivity contribution in [2.45, 2.75) is 50.6 Å². The molecule has 7 nitrogen and oxygen atoms in total. The van der Waals surface area contributed by atoms with Crippen LogP contribution < -0.4 is 15.8 Å². The minimum Gasteiger partial charge on any atom is -0.357 e. The number of primary sulfonamides is 1. The smallest absolute Gasteiger partial charge is 0.238 e. The van der Waals surface area contributed by atoms with Crippen molar-refractivity contribution >= 4 is 16.0 Å². The van der Waals surface area contributed by atoms with Gasteiger partial charge in [-0.25, -0.2) is 18.5 Å². The number of sulfonamides is 1. The molecule has 0 spiro atoms. The van der Waals surface area contributed by atoms with Crippen LogP contribution in [0.2, 0.25) is 0 Å². The number of piperidine rings is 1. The first-order valence-electron chi connectivity index (χ1n) is 9.31. The standard InChI is InChI=1S/C18H31N5O2S/c1-3-10-23-11-8-16(9-12-23)22-18(20-4-2)21-14-15-6-5-7-17(13-15)26(19,24)25/h5-7,13,16H,3-4,8-12,14H2,1-2H3,(H2,19,24,25)(H2,20,21,22). The summed E-state index contributed by atoms with van der Waals surface area (Å²) in [5, 5.41) is 12.0. The third-order valence-electron chi connectivity index (χ3n) is 4.46. The molecular formula is C18H31N5O2S. The Bertz CT molecular complexity index is 697. The van der Waals surface area contributed by atoms with Crippen molar-refractivity contribution < 1.29 is 8.42 Å². The maximum Gasteiger partial charge on any atom is 0.238 e. The molecule has 8 heteroatoms. The van der Waals surface area contributed by atoms with Gasteiger partial charge in [-0.1, -0.05) is 19.1 Å². The largest absolute Gasteiger partial charge is 0.357 e. The predicted molar refractivity (Wildman–Crippen MR) is 106 cm³/mol. The molecule has 4 N–H and O–H groups in total. The Morgan fingerprint density at radius 2 is 2.04 bits per heavy atom. The summed E-state index contributed by atoms with van der Waals surface area (Å²) in [6.07, 6.45) is 3.40. The number of hydrogen-bond donors (Lipinski definition) is 3. The average molecular weight is 382 g/mol. The van der Waals surface area contributed by atoms with E-state index in [1.54, 1.807) is 12.1 Å². The molecule has 1 aromatic rings. The minimum absolute atomic E-state index is 0.117. The molecule has 0 radical (unpaired) electrons. The van der Waals surface area contributed by atoms with Gasteiger partial charge < -0.3 is 15.5 Å². The Kier molecular flexibility index (Phi) is 7.86. The van der Waals surface area contributed by atoms with Crippen LogP contribution in [0.5, 0.6) is 0 Å². The van der Waals surface area contributed by atoms with E-state index in [-0.39, 0.29) is 4.90 Å².